The molecule has 0 saturated carbocycles. The van der Waals surface area contributed by atoms with Crippen molar-refractivity contribution in [3.05, 3.63) is 89.5 Å². The van der Waals surface area contributed by atoms with Crippen LogP contribution < -0.4 is 10.5 Å². The smallest absolute Gasteiger partial charge is 0.138 e. The average molecular weight is 393 g/mol. The lowest BCUT2D eigenvalue weighted by molar-refractivity contribution is 0.286. The van der Waals surface area contributed by atoms with E-state index < -0.39 is 0 Å². The van der Waals surface area contributed by atoms with Crippen LogP contribution >= 0.6 is 12.4 Å². The summed E-state index contributed by atoms with van der Waals surface area (Å²) in [6, 6.07) is 15.2. The lowest BCUT2D eigenvalue weighted by Gasteiger charge is -2.13. The van der Waals surface area contributed by atoms with E-state index >= 15 is 0 Å². The summed E-state index contributed by atoms with van der Waals surface area (Å²) >= 11 is 0. The SMILES string of the molecule is Cl.N#Cc1cccc(C[C@H](N)COc2cncc(C=Cc3ccncc3)c2)c1. The van der Waals surface area contributed by atoms with Crippen molar-refractivity contribution in [1.29, 1.82) is 5.26 Å². The van der Waals surface area contributed by atoms with Crippen LogP contribution in [0.2, 0.25) is 0 Å². The van der Waals surface area contributed by atoms with E-state index in [1.54, 1.807) is 30.9 Å². The molecule has 142 valence electrons. The molecule has 2 N–H and O–H groups in total. The van der Waals surface area contributed by atoms with Crippen molar-refractivity contribution >= 4 is 24.6 Å². The number of pyridine rings is 2. The molecule has 0 aliphatic carbocycles. The second kappa shape index (κ2) is 10.8. The Morgan fingerprint density at radius 1 is 1.04 bits per heavy atom. The molecule has 0 amide bonds. The van der Waals surface area contributed by atoms with Crippen molar-refractivity contribution in [2.45, 2.75) is 12.5 Å². The van der Waals surface area contributed by atoms with Crippen LogP contribution in [0, 0.1) is 11.3 Å². The number of nitrogens with zero attached hydrogens (tertiary/aromatic N) is 3. The Morgan fingerprint density at radius 3 is 2.61 bits per heavy atom. The Morgan fingerprint density at radius 2 is 1.82 bits per heavy atom. The lowest BCUT2D eigenvalue weighted by atomic mass is 10.0. The van der Waals surface area contributed by atoms with Gasteiger partial charge in [0.1, 0.15) is 12.4 Å². The highest BCUT2D eigenvalue weighted by molar-refractivity contribution is 5.85. The van der Waals surface area contributed by atoms with Crippen LogP contribution in [0.5, 0.6) is 5.75 Å². The Labute approximate surface area is 170 Å². The number of ether oxygens (including phenoxy) is 1. The highest BCUT2D eigenvalue weighted by Crippen LogP contribution is 2.15. The van der Waals surface area contributed by atoms with Crippen molar-refractivity contribution in [1.82, 2.24) is 9.97 Å². The van der Waals surface area contributed by atoms with Crippen molar-refractivity contribution in [2.24, 2.45) is 5.73 Å². The van der Waals surface area contributed by atoms with Gasteiger partial charge in [-0.3, -0.25) is 9.97 Å². The number of rotatable bonds is 7. The van der Waals surface area contributed by atoms with Crippen molar-refractivity contribution < 1.29 is 4.74 Å². The molecule has 0 aliphatic heterocycles. The highest BCUT2D eigenvalue weighted by atomic mass is 35.5. The summed E-state index contributed by atoms with van der Waals surface area (Å²) in [4.78, 5) is 8.22. The minimum absolute atomic E-state index is 0. The van der Waals surface area contributed by atoms with Crippen molar-refractivity contribution in [3.63, 3.8) is 0 Å². The van der Waals surface area contributed by atoms with E-state index in [-0.39, 0.29) is 18.4 Å². The van der Waals surface area contributed by atoms with E-state index in [0.717, 1.165) is 16.7 Å². The van der Waals surface area contributed by atoms with Crippen LogP contribution in [0.3, 0.4) is 0 Å². The molecule has 6 heteroatoms. The zero-order valence-corrected chi connectivity index (χ0v) is 16.0. The average Bonchev–Trinajstić information content (AvgIpc) is 2.72. The summed E-state index contributed by atoms with van der Waals surface area (Å²) in [7, 11) is 0. The van der Waals surface area contributed by atoms with Gasteiger partial charge in [0.05, 0.1) is 17.8 Å². The van der Waals surface area contributed by atoms with Gasteiger partial charge in [-0.2, -0.15) is 5.26 Å². The Hall–Kier alpha value is -3.20. The number of hydrogen-bond acceptors (Lipinski definition) is 5. The van der Waals surface area contributed by atoms with E-state index in [1.165, 1.54) is 0 Å². The molecular weight excluding hydrogens is 372 g/mol. The predicted octanol–water partition coefficient (Wildman–Crippen LogP) is 3.89. The maximum absolute atomic E-state index is 8.97. The zero-order chi connectivity index (χ0) is 18.9. The molecule has 0 saturated heterocycles. The zero-order valence-electron chi connectivity index (χ0n) is 15.2. The molecule has 3 aromatic rings. The van der Waals surface area contributed by atoms with Gasteiger partial charge in [0, 0.05) is 24.6 Å². The molecule has 1 atom stereocenters. The van der Waals surface area contributed by atoms with Crippen LogP contribution in [0.1, 0.15) is 22.3 Å². The molecule has 3 rings (SSSR count). The number of halogens is 1. The molecule has 2 heterocycles. The summed E-state index contributed by atoms with van der Waals surface area (Å²) in [5, 5.41) is 8.97. The summed E-state index contributed by atoms with van der Waals surface area (Å²) in [5.74, 6) is 0.674. The number of benzene rings is 1. The van der Waals surface area contributed by atoms with Crippen LogP contribution in [0.25, 0.3) is 12.2 Å². The molecule has 0 bridgehead atoms. The van der Waals surface area contributed by atoms with Gasteiger partial charge >= 0.3 is 0 Å². The molecule has 0 spiro atoms. The van der Waals surface area contributed by atoms with E-state index in [0.29, 0.717) is 24.3 Å². The largest absolute Gasteiger partial charge is 0.490 e. The fraction of sp³-hybridized carbons (Fsp3) is 0.136. The topological polar surface area (TPSA) is 84.8 Å². The lowest BCUT2D eigenvalue weighted by Crippen LogP contribution is -2.30. The van der Waals surface area contributed by atoms with Gasteiger partial charge in [0.2, 0.25) is 0 Å². The summed E-state index contributed by atoms with van der Waals surface area (Å²) in [6.07, 6.45) is 11.6. The first-order chi connectivity index (χ1) is 13.2. The first kappa shape index (κ1) is 21.1. The van der Waals surface area contributed by atoms with Gasteiger partial charge in [-0.05, 0) is 53.4 Å². The molecule has 5 nitrogen and oxygen atoms in total. The van der Waals surface area contributed by atoms with Gasteiger partial charge in [-0.25, -0.2) is 0 Å². The normalized spacial score (nSPS) is 11.4. The maximum Gasteiger partial charge on any atom is 0.138 e. The van der Waals surface area contributed by atoms with E-state index in [9.17, 15) is 0 Å². The van der Waals surface area contributed by atoms with Crippen molar-refractivity contribution in [3.8, 4) is 11.8 Å². The molecular formula is C22H21ClN4O. The van der Waals surface area contributed by atoms with E-state index in [1.807, 2.05) is 48.6 Å². The van der Waals surface area contributed by atoms with Crippen LogP contribution in [0.15, 0.2) is 67.3 Å². The summed E-state index contributed by atoms with van der Waals surface area (Å²) in [6.45, 7) is 0.371. The number of nitriles is 1. The predicted molar refractivity (Wildman–Crippen MR) is 113 cm³/mol. The Bertz CT molecular complexity index is 954. The maximum atomic E-state index is 8.97. The second-order valence-corrected chi connectivity index (χ2v) is 6.16. The van der Waals surface area contributed by atoms with Crippen molar-refractivity contribution in [2.75, 3.05) is 6.61 Å². The highest BCUT2D eigenvalue weighted by Gasteiger charge is 2.07. The molecule has 28 heavy (non-hydrogen) atoms. The van der Waals surface area contributed by atoms with Crippen LogP contribution in [-0.2, 0) is 6.42 Å². The molecule has 0 aliphatic rings. The van der Waals surface area contributed by atoms with Crippen LogP contribution in [-0.4, -0.2) is 22.6 Å². The molecule has 2 aromatic heterocycles. The second-order valence-electron chi connectivity index (χ2n) is 6.16. The standard InChI is InChI=1S/C22H20N4O.ClH/c23-13-19-3-1-2-18(10-19)11-21(24)16-27-22-12-20(14-26-15-22)5-4-17-6-8-25-9-7-17;/h1-10,12,14-15,21H,11,16,24H2;1H/t21-;/m0./s1. The number of aromatic nitrogens is 2. The first-order valence-corrected chi connectivity index (χ1v) is 8.63. The summed E-state index contributed by atoms with van der Waals surface area (Å²) in [5.41, 5.74) is 9.84. The first-order valence-electron chi connectivity index (χ1n) is 8.63. The molecule has 0 fully saturated rings. The summed E-state index contributed by atoms with van der Waals surface area (Å²) < 4.78 is 5.79. The van der Waals surface area contributed by atoms with E-state index in [4.69, 9.17) is 15.7 Å². The van der Waals surface area contributed by atoms with Gasteiger partial charge in [-0.15, -0.1) is 12.4 Å². The number of hydrogen-bond donors (Lipinski definition) is 1. The minimum atomic E-state index is -0.171. The fourth-order valence-electron chi connectivity index (χ4n) is 2.61. The van der Waals surface area contributed by atoms with E-state index in [2.05, 4.69) is 16.0 Å². The third kappa shape index (κ3) is 6.51. The fourth-order valence-corrected chi connectivity index (χ4v) is 2.61. The van der Waals surface area contributed by atoms with Gasteiger partial charge in [0.15, 0.2) is 0 Å². The monoisotopic (exact) mass is 392 g/mol. The molecule has 0 unspecified atom stereocenters. The molecule has 0 radical (unpaired) electrons. The third-order valence-corrected chi connectivity index (χ3v) is 3.93. The minimum Gasteiger partial charge on any atom is -0.490 e. The van der Waals surface area contributed by atoms with Crippen LogP contribution in [0.4, 0.5) is 0 Å². The van der Waals surface area contributed by atoms with Gasteiger partial charge < -0.3 is 10.5 Å². The number of nitrogens with two attached hydrogens (primary N) is 1. The molecule has 1 aromatic carbocycles. The quantitative estimate of drug-likeness (QED) is 0.659. The van der Waals surface area contributed by atoms with Gasteiger partial charge in [-0.1, -0.05) is 24.3 Å². The Kier molecular flexibility index (Phi) is 8.16. The third-order valence-electron chi connectivity index (χ3n) is 3.93. The Balaban J connectivity index is 0.00000280. The van der Waals surface area contributed by atoms with Gasteiger partial charge in [0.25, 0.3) is 0 Å².